The molecule has 1 N–H and O–H groups in total. The summed E-state index contributed by atoms with van der Waals surface area (Å²) in [6.45, 7) is 4.12. The van der Waals surface area contributed by atoms with Crippen LogP contribution in [0.4, 0.5) is 5.00 Å². The average Bonchev–Trinajstić information content (AvgIpc) is 3.32. The van der Waals surface area contributed by atoms with Gasteiger partial charge in [0, 0.05) is 16.4 Å². The molecule has 0 aliphatic rings. The lowest BCUT2D eigenvalue weighted by molar-refractivity contribution is -0.111. The minimum atomic E-state index is -0.445. The molecular formula is C30H27NO3S. The predicted octanol–water partition coefficient (Wildman–Crippen LogP) is 7.26. The number of carbonyl (C=O) groups excluding carboxylic acids is 2. The lowest BCUT2D eigenvalue weighted by Gasteiger charge is -2.11. The van der Waals surface area contributed by atoms with Gasteiger partial charge < -0.3 is 10.1 Å². The molecule has 0 saturated heterocycles. The van der Waals surface area contributed by atoms with E-state index in [1.54, 1.807) is 6.92 Å². The molecule has 0 unspecified atom stereocenters. The van der Waals surface area contributed by atoms with Crippen LogP contribution in [0.1, 0.15) is 51.7 Å². The highest BCUT2D eigenvalue weighted by Crippen LogP contribution is 2.37. The van der Waals surface area contributed by atoms with E-state index in [9.17, 15) is 9.59 Å². The Hall–Kier alpha value is -3.96. The van der Waals surface area contributed by atoms with E-state index in [-0.39, 0.29) is 18.4 Å². The van der Waals surface area contributed by atoms with Crippen LogP contribution >= 0.6 is 11.3 Å². The van der Waals surface area contributed by atoms with Crippen LogP contribution in [-0.2, 0) is 9.53 Å². The first-order valence-corrected chi connectivity index (χ1v) is 12.4. The summed E-state index contributed by atoms with van der Waals surface area (Å²) in [6, 6.07) is 31.1. The second-order valence-corrected chi connectivity index (χ2v) is 9.12. The molecule has 0 saturated carbocycles. The van der Waals surface area contributed by atoms with Gasteiger partial charge in [-0.15, -0.1) is 11.3 Å². The van der Waals surface area contributed by atoms with Crippen molar-refractivity contribution in [1.82, 2.24) is 0 Å². The summed E-state index contributed by atoms with van der Waals surface area (Å²) in [5.41, 5.74) is 3.72. The van der Waals surface area contributed by atoms with Crippen LogP contribution in [0.3, 0.4) is 0 Å². The van der Waals surface area contributed by atoms with Crippen molar-refractivity contribution >= 4 is 39.9 Å². The van der Waals surface area contributed by atoms with Gasteiger partial charge in [0.05, 0.1) is 12.2 Å². The number of amides is 1. The third-order valence-electron chi connectivity index (χ3n) is 5.64. The minimum absolute atomic E-state index is 0.0634. The Morgan fingerprint density at radius 3 is 2.14 bits per heavy atom. The zero-order valence-corrected chi connectivity index (χ0v) is 20.5. The standard InChI is InChI=1S/C30H27NO3S/c1-3-34-30(33)26-20-27(21(2)23-15-9-5-10-16-23)35-29(26)31-28(32)25(24-17-11-6-12-18-24)19-22-13-7-4-8-14-22/h4-21H,3H2,1-2H3,(H,31,32)/b25-19-/t21-/m0/s1. The Bertz CT molecular complexity index is 1310. The van der Waals surface area contributed by atoms with E-state index in [0.29, 0.717) is 16.1 Å². The van der Waals surface area contributed by atoms with Crippen LogP contribution in [0.5, 0.6) is 0 Å². The van der Waals surface area contributed by atoms with Crippen molar-refractivity contribution in [2.45, 2.75) is 19.8 Å². The fraction of sp³-hybridized carbons (Fsp3) is 0.133. The summed E-state index contributed by atoms with van der Waals surface area (Å²) in [5, 5.41) is 3.49. The van der Waals surface area contributed by atoms with Crippen LogP contribution in [0.2, 0.25) is 0 Å². The molecule has 1 atom stereocenters. The fourth-order valence-electron chi connectivity index (χ4n) is 3.77. The molecule has 35 heavy (non-hydrogen) atoms. The maximum absolute atomic E-state index is 13.6. The number of esters is 1. The second-order valence-electron chi connectivity index (χ2n) is 8.03. The highest BCUT2D eigenvalue weighted by molar-refractivity contribution is 7.16. The Balaban J connectivity index is 1.71. The molecule has 176 valence electrons. The van der Waals surface area contributed by atoms with Crippen molar-refractivity contribution in [3.8, 4) is 0 Å². The summed E-state index contributed by atoms with van der Waals surface area (Å²) < 4.78 is 5.29. The fourth-order valence-corrected chi connectivity index (χ4v) is 4.89. The summed E-state index contributed by atoms with van der Waals surface area (Å²) in [6.07, 6.45) is 1.86. The molecule has 4 rings (SSSR count). The lowest BCUT2D eigenvalue weighted by Crippen LogP contribution is -2.15. The van der Waals surface area contributed by atoms with Crippen molar-refractivity contribution in [2.24, 2.45) is 0 Å². The zero-order valence-electron chi connectivity index (χ0n) is 19.7. The summed E-state index contributed by atoms with van der Waals surface area (Å²) in [7, 11) is 0. The number of benzene rings is 3. The maximum Gasteiger partial charge on any atom is 0.341 e. The molecule has 0 radical (unpaired) electrons. The van der Waals surface area contributed by atoms with Crippen molar-refractivity contribution in [1.29, 1.82) is 0 Å². The van der Waals surface area contributed by atoms with E-state index in [2.05, 4.69) is 24.4 Å². The van der Waals surface area contributed by atoms with Gasteiger partial charge in [0.2, 0.25) is 0 Å². The Kier molecular flexibility index (Phi) is 7.91. The van der Waals surface area contributed by atoms with Gasteiger partial charge in [-0.05, 0) is 35.8 Å². The average molecular weight is 482 g/mol. The van der Waals surface area contributed by atoms with Crippen molar-refractivity contribution in [2.75, 3.05) is 11.9 Å². The molecule has 0 bridgehead atoms. The molecule has 4 aromatic rings. The highest BCUT2D eigenvalue weighted by Gasteiger charge is 2.23. The second kappa shape index (κ2) is 11.4. The number of thiophene rings is 1. The van der Waals surface area contributed by atoms with Crippen LogP contribution in [0.15, 0.2) is 97.1 Å². The zero-order chi connectivity index (χ0) is 24.6. The Morgan fingerprint density at radius 2 is 1.51 bits per heavy atom. The minimum Gasteiger partial charge on any atom is -0.462 e. The smallest absolute Gasteiger partial charge is 0.341 e. The van der Waals surface area contributed by atoms with Crippen molar-refractivity contribution in [3.63, 3.8) is 0 Å². The van der Waals surface area contributed by atoms with Gasteiger partial charge in [-0.1, -0.05) is 97.9 Å². The van der Waals surface area contributed by atoms with Gasteiger partial charge in [-0.3, -0.25) is 4.79 Å². The monoisotopic (exact) mass is 481 g/mol. The van der Waals surface area contributed by atoms with E-state index in [1.165, 1.54) is 11.3 Å². The first-order valence-electron chi connectivity index (χ1n) is 11.6. The number of nitrogens with one attached hydrogen (secondary N) is 1. The highest BCUT2D eigenvalue weighted by atomic mass is 32.1. The molecule has 1 amide bonds. The molecule has 0 fully saturated rings. The van der Waals surface area contributed by atoms with E-state index >= 15 is 0 Å². The number of hydrogen-bond donors (Lipinski definition) is 1. The largest absolute Gasteiger partial charge is 0.462 e. The van der Waals surface area contributed by atoms with Gasteiger partial charge in [0.25, 0.3) is 5.91 Å². The van der Waals surface area contributed by atoms with E-state index in [1.807, 2.05) is 91.0 Å². The number of ether oxygens (including phenoxy) is 1. The number of carbonyl (C=O) groups is 2. The van der Waals surface area contributed by atoms with Crippen molar-refractivity contribution < 1.29 is 14.3 Å². The molecule has 3 aromatic carbocycles. The molecule has 5 heteroatoms. The first kappa shape index (κ1) is 24.2. The van der Waals surface area contributed by atoms with Gasteiger partial charge in [-0.25, -0.2) is 4.79 Å². The number of hydrogen-bond acceptors (Lipinski definition) is 4. The van der Waals surface area contributed by atoms with Crippen LogP contribution < -0.4 is 5.32 Å². The summed E-state index contributed by atoms with van der Waals surface area (Å²) >= 11 is 1.40. The van der Waals surface area contributed by atoms with Gasteiger partial charge in [-0.2, -0.15) is 0 Å². The van der Waals surface area contributed by atoms with Crippen LogP contribution in [0.25, 0.3) is 11.6 Å². The Morgan fingerprint density at radius 1 is 0.914 bits per heavy atom. The molecule has 0 spiro atoms. The normalized spacial score (nSPS) is 12.1. The van der Waals surface area contributed by atoms with Crippen molar-refractivity contribution in [3.05, 3.63) is 124 Å². The third-order valence-corrected chi connectivity index (χ3v) is 6.87. The summed E-state index contributed by atoms with van der Waals surface area (Å²) in [4.78, 5) is 27.3. The molecule has 0 aliphatic heterocycles. The van der Waals surface area contributed by atoms with Gasteiger partial charge >= 0.3 is 5.97 Å². The topological polar surface area (TPSA) is 55.4 Å². The van der Waals surface area contributed by atoms with Crippen LogP contribution in [-0.4, -0.2) is 18.5 Å². The molecular weight excluding hydrogens is 454 g/mol. The third kappa shape index (κ3) is 5.94. The van der Waals surface area contributed by atoms with Gasteiger partial charge in [0.1, 0.15) is 5.00 Å². The number of rotatable bonds is 8. The Labute approximate surface area is 209 Å². The van der Waals surface area contributed by atoms with E-state index < -0.39 is 5.97 Å². The van der Waals surface area contributed by atoms with Crippen LogP contribution in [0, 0.1) is 0 Å². The molecule has 1 aromatic heterocycles. The predicted molar refractivity (Wildman–Crippen MR) is 144 cm³/mol. The molecule has 4 nitrogen and oxygen atoms in total. The quantitative estimate of drug-likeness (QED) is 0.164. The van der Waals surface area contributed by atoms with E-state index in [0.717, 1.165) is 21.6 Å². The summed E-state index contributed by atoms with van der Waals surface area (Å²) in [5.74, 6) is -0.668. The maximum atomic E-state index is 13.6. The number of anilines is 1. The molecule has 1 heterocycles. The first-order chi connectivity index (χ1) is 17.1. The van der Waals surface area contributed by atoms with E-state index in [4.69, 9.17) is 4.74 Å². The van der Waals surface area contributed by atoms with Gasteiger partial charge in [0.15, 0.2) is 0 Å². The lowest BCUT2D eigenvalue weighted by atomic mass is 9.99. The molecule has 0 aliphatic carbocycles. The SMILES string of the molecule is CCOC(=O)c1cc([C@@H](C)c2ccccc2)sc1NC(=O)/C(=C\c1ccccc1)c1ccccc1.